The number of nitrogens with zero attached hydrogens (tertiary/aromatic N) is 2. The summed E-state index contributed by atoms with van der Waals surface area (Å²) in [6.45, 7) is 7.06. The van der Waals surface area contributed by atoms with Crippen LogP contribution in [0.2, 0.25) is 19.6 Å². The lowest BCUT2D eigenvalue weighted by atomic mass is 10.2. The summed E-state index contributed by atoms with van der Waals surface area (Å²) in [6.07, 6.45) is 4.20. The van der Waals surface area contributed by atoms with Gasteiger partial charge in [0.2, 0.25) is 0 Å². The maximum Gasteiger partial charge on any atom is 0.144 e. The third kappa shape index (κ3) is 1.58. The molecule has 1 aromatic carbocycles. The molecule has 0 spiro atoms. The predicted molar refractivity (Wildman–Crippen MR) is 75.7 cm³/mol. The van der Waals surface area contributed by atoms with Gasteiger partial charge in [-0.1, -0.05) is 43.9 Å². The summed E-state index contributed by atoms with van der Waals surface area (Å²) in [5.41, 5.74) is 1.08. The van der Waals surface area contributed by atoms with Crippen molar-refractivity contribution < 1.29 is 0 Å². The van der Waals surface area contributed by atoms with Crippen molar-refractivity contribution in [2.24, 2.45) is 0 Å². The average Bonchev–Trinajstić information content (AvgIpc) is 2.72. The van der Waals surface area contributed by atoms with Gasteiger partial charge in [0.25, 0.3) is 0 Å². The van der Waals surface area contributed by atoms with E-state index in [1.807, 2.05) is 6.20 Å². The quantitative estimate of drug-likeness (QED) is 0.598. The van der Waals surface area contributed by atoms with Crippen LogP contribution in [-0.2, 0) is 0 Å². The number of pyridine rings is 1. The lowest BCUT2D eigenvalue weighted by Gasteiger charge is -2.15. The van der Waals surface area contributed by atoms with E-state index in [1.54, 1.807) is 0 Å². The van der Waals surface area contributed by atoms with Crippen LogP contribution in [0.4, 0.5) is 0 Å². The molecule has 3 aromatic rings. The third-order valence-electron chi connectivity index (χ3n) is 3.17. The van der Waals surface area contributed by atoms with E-state index in [4.69, 9.17) is 0 Å². The van der Waals surface area contributed by atoms with Crippen LogP contribution in [0.3, 0.4) is 0 Å². The molecule has 0 N–H and O–H groups in total. The highest BCUT2D eigenvalue weighted by molar-refractivity contribution is 6.88. The van der Waals surface area contributed by atoms with Crippen LogP contribution in [-0.4, -0.2) is 17.5 Å². The van der Waals surface area contributed by atoms with E-state index >= 15 is 0 Å². The lowest BCUT2D eigenvalue weighted by molar-refractivity contribution is 1.23. The van der Waals surface area contributed by atoms with E-state index in [-0.39, 0.29) is 0 Å². The van der Waals surface area contributed by atoms with Crippen LogP contribution >= 0.6 is 0 Å². The Morgan fingerprint density at radius 2 is 1.82 bits per heavy atom. The smallest absolute Gasteiger partial charge is 0.144 e. The fraction of sp³-hybridized carbons (Fsp3) is 0.214. The van der Waals surface area contributed by atoms with Crippen molar-refractivity contribution in [3.8, 4) is 0 Å². The second kappa shape index (κ2) is 3.44. The molecule has 0 aliphatic heterocycles. The molecule has 0 amide bonds. The van der Waals surface area contributed by atoms with Crippen LogP contribution in [0.5, 0.6) is 0 Å². The Kier molecular flexibility index (Phi) is 2.13. The van der Waals surface area contributed by atoms with Crippen molar-refractivity contribution in [3.05, 3.63) is 42.7 Å². The highest BCUT2D eigenvalue weighted by atomic mass is 28.3. The molecule has 0 fully saturated rings. The molecule has 86 valence electrons. The average molecular weight is 240 g/mol. The molecule has 2 heterocycles. The van der Waals surface area contributed by atoms with Crippen LogP contribution < -0.4 is 5.32 Å². The molecule has 2 nitrogen and oxygen atoms in total. The maximum atomic E-state index is 4.61. The van der Waals surface area contributed by atoms with Crippen molar-refractivity contribution in [3.63, 3.8) is 0 Å². The Morgan fingerprint density at radius 3 is 2.59 bits per heavy atom. The van der Waals surface area contributed by atoms with Crippen LogP contribution in [0.15, 0.2) is 42.7 Å². The molecule has 0 saturated carbocycles. The second-order valence-electron chi connectivity index (χ2n) is 5.49. The standard InChI is InChI=1S/C14H16N2Si/c1-17(2,3)13-10-15-14-12-7-5-4-6-11(12)8-9-16(13)14/h4-10H,1-3H3. The van der Waals surface area contributed by atoms with Crippen molar-refractivity contribution in [2.75, 3.05) is 0 Å². The molecule has 0 aliphatic rings. The molecule has 2 aromatic heterocycles. The lowest BCUT2D eigenvalue weighted by Crippen LogP contribution is -2.40. The minimum Gasteiger partial charge on any atom is -0.308 e. The predicted octanol–water partition coefficient (Wildman–Crippen LogP) is 3.03. The van der Waals surface area contributed by atoms with E-state index in [0.29, 0.717) is 0 Å². The fourth-order valence-electron chi connectivity index (χ4n) is 2.27. The summed E-state index contributed by atoms with van der Waals surface area (Å²) < 4.78 is 2.26. The Bertz CT molecular complexity index is 692. The number of fused-ring (bicyclic) bond motifs is 3. The van der Waals surface area contributed by atoms with Crippen molar-refractivity contribution in [2.45, 2.75) is 19.6 Å². The highest BCUT2D eigenvalue weighted by Gasteiger charge is 2.21. The summed E-state index contributed by atoms with van der Waals surface area (Å²) in [7, 11) is -1.33. The topological polar surface area (TPSA) is 17.3 Å². The van der Waals surface area contributed by atoms with Gasteiger partial charge >= 0.3 is 0 Å². The van der Waals surface area contributed by atoms with Crippen LogP contribution in [0, 0.1) is 0 Å². The van der Waals surface area contributed by atoms with Crippen molar-refractivity contribution in [1.82, 2.24) is 9.38 Å². The van der Waals surface area contributed by atoms with E-state index < -0.39 is 8.07 Å². The van der Waals surface area contributed by atoms with Crippen molar-refractivity contribution >= 4 is 29.8 Å². The normalized spacial score (nSPS) is 12.4. The van der Waals surface area contributed by atoms with Gasteiger partial charge in [-0.05, 0) is 11.5 Å². The largest absolute Gasteiger partial charge is 0.308 e. The van der Waals surface area contributed by atoms with Gasteiger partial charge in [-0.3, -0.25) is 0 Å². The molecule has 0 unspecified atom stereocenters. The molecule has 3 rings (SSSR count). The molecule has 0 radical (unpaired) electrons. The van der Waals surface area contributed by atoms with E-state index in [1.165, 1.54) is 16.1 Å². The maximum absolute atomic E-state index is 4.61. The van der Waals surface area contributed by atoms with E-state index in [0.717, 1.165) is 5.65 Å². The van der Waals surface area contributed by atoms with Crippen LogP contribution in [0.1, 0.15) is 0 Å². The summed E-state index contributed by atoms with van der Waals surface area (Å²) in [5, 5.41) is 3.88. The molecule has 0 aliphatic carbocycles. The zero-order valence-electron chi connectivity index (χ0n) is 10.4. The van der Waals surface area contributed by atoms with Gasteiger partial charge in [-0.2, -0.15) is 0 Å². The molecule has 3 heteroatoms. The Morgan fingerprint density at radius 1 is 1.06 bits per heavy atom. The first-order valence-corrected chi connectivity index (χ1v) is 9.43. The first-order valence-electron chi connectivity index (χ1n) is 5.93. The summed E-state index contributed by atoms with van der Waals surface area (Å²) in [4.78, 5) is 4.61. The number of hydrogen-bond donors (Lipinski definition) is 0. The first-order chi connectivity index (χ1) is 8.07. The second-order valence-corrected chi connectivity index (χ2v) is 10.5. The van der Waals surface area contributed by atoms with E-state index in [2.05, 4.69) is 65.6 Å². The van der Waals surface area contributed by atoms with Gasteiger partial charge in [0, 0.05) is 23.1 Å². The summed E-state index contributed by atoms with van der Waals surface area (Å²) >= 11 is 0. The summed E-state index contributed by atoms with van der Waals surface area (Å²) in [6, 6.07) is 10.6. The number of imidazole rings is 1. The number of aromatic nitrogens is 2. The van der Waals surface area contributed by atoms with Gasteiger partial charge < -0.3 is 4.40 Å². The van der Waals surface area contributed by atoms with Crippen LogP contribution in [0.25, 0.3) is 16.4 Å². The number of rotatable bonds is 1. The minimum atomic E-state index is -1.33. The SMILES string of the molecule is C[Si](C)(C)c1cnc2c3ccccc3ccn12. The molecule has 17 heavy (non-hydrogen) atoms. The van der Waals surface area contributed by atoms with Gasteiger partial charge in [-0.15, -0.1) is 0 Å². The number of hydrogen-bond acceptors (Lipinski definition) is 1. The molecule has 0 saturated heterocycles. The van der Waals surface area contributed by atoms with Gasteiger partial charge in [-0.25, -0.2) is 4.98 Å². The third-order valence-corrected chi connectivity index (χ3v) is 5.08. The first kappa shape index (κ1) is 10.5. The zero-order valence-corrected chi connectivity index (χ0v) is 11.4. The highest BCUT2D eigenvalue weighted by Crippen LogP contribution is 2.18. The zero-order chi connectivity index (χ0) is 12.0. The van der Waals surface area contributed by atoms with E-state index in [9.17, 15) is 0 Å². The Labute approximate surface area is 102 Å². The molecule has 0 atom stereocenters. The molecular weight excluding hydrogens is 224 g/mol. The number of benzene rings is 1. The molecular formula is C14H16N2Si. The summed E-state index contributed by atoms with van der Waals surface area (Å²) in [5.74, 6) is 0. The van der Waals surface area contributed by atoms with Crippen molar-refractivity contribution in [1.29, 1.82) is 0 Å². The molecule has 0 bridgehead atoms. The Hall–Kier alpha value is -1.61. The Balaban J connectivity index is 2.43. The monoisotopic (exact) mass is 240 g/mol. The minimum absolute atomic E-state index is 1.08. The van der Waals surface area contributed by atoms with Gasteiger partial charge in [0.05, 0.1) is 0 Å². The van der Waals surface area contributed by atoms with Gasteiger partial charge in [0.15, 0.2) is 0 Å². The van der Waals surface area contributed by atoms with Gasteiger partial charge in [0.1, 0.15) is 13.7 Å². The fourth-order valence-corrected chi connectivity index (χ4v) is 3.62.